The predicted octanol–water partition coefficient (Wildman–Crippen LogP) is 2.75. The molecule has 0 fully saturated rings. The molecule has 0 radical (unpaired) electrons. The molecule has 1 aromatic carbocycles. The predicted molar refractivity (Wildman–Crippen MR) is 104 cm³/mol. The van der Waals surface area contributed by atoms with Crippen LogP contribution in [-0.4, -0.2) is 54.7 Å². The molecule has 1 aromatic rings. The molecule has 2 amide bonds. The maximum absolute atomic E-state index is 12.4. The Hall–Kier alpha value is -1.53. The minimum Gasteiger partial charge on any atom is -0.352 e. The van der Waals surface area contributed by atoms with Gasteiger partial charge in [-0.15, -0.1) is 11.8 Å². The topological polar surface area (TPSA) is 52.7 Å². The number of nitrogens with one attached hydrogen (secondary N) is 1. The Morgan fingerprint density at radius 2 is 2.04 bits per heavy atom. The fourth-order valence-electron chi connectivity index (χ4n) is 3.02. The molecule has 2 rings (SSSR count). The van der Waals surface area contributed by atoms with Crippen LogP contribution in [0.5, 0.6) is 0 Å². The van der Waals surface area contributed by atoms with Gasteiger partial charge in [0.05, 0.1) is 11.4 Å². The lowest BCUT2D eigenvalue weighted by molar-refractivity contribution is -0.123. The van der Waals surface area contributed by atoms with Crippen molar-refractivity contribution in [3.8, 4) is 0 Å². The standard InChI is InChI=1S/C19H29N3O2S/c1-4-21(5-2)12-8-9-15(3)20-18(23)13-22-16-10-6-7-11-17(16)25-14-19(22)24/h6-7,10-11,15H,4-5,8-9,12-14H2,1-3H3,(H,20,23)/t15-/m1/s1. The van der Waals surface area contributed by atoms with E-state index in [1.807, 2.05) is 31.2 Å². The minimum absolute atomic E-state index is 0.00645. The van der Waals surface area contributed by atoms with E-state index in [1.54, 1.807) is 4.90 Å². The second kappa shape index (κ2) is 9.82. The molecule has 0 unspecified atom stereocenters. The van der Waals surface area contributed by atoms with Crippen molar-refractivity contribution < 1.29 is 9.59 Å². The number of anilines is 1. The van der Waals surface area contributed by atoms with Crippen molar-refractivity contribution in [1.29, 1.82) is 0 Å². The lowest BCUT2D eigenvalue weighted by atomic mass is 10.1. The van der Waals surface area contributed by atoms with Crippen LogP contribution in [0.25, 0.3) is 0 Å². The summed E-state index contributed by atoms with van der Waals surface area (Å²) in [5.41, 5.74) is 0.841. The third-order valence-electron chi connectivity index (χ3n) is 4.52. The average molecular weight is 364 g/mol. The smallest absolute Gasteiger partial charge is 0.240 e. The molecular formula is C19H29N3O2S. The molecule has 25 heavy (non-hydrogen) atoms. The molecule has 1 heterocycles. The number of rotatable bonds is 9. The van der Waals surface area contributed by atoms with Crippen LogP contribution in [0.2, 0.25) is 0 Å². The van der Waals surface area contributed by atoms with Crippen molar-refractivity contribution >= 4 is 29.3 Å². The molecule has 138 valence electrons. The van der Waals surface area contributed by atoms with Crippen LogP contribution in [0.3, 0.4) is 0 Å². The molecule has 0 saturated heterocycles. The first-order valence-electron chi connectivity index (χ1n) is 9.09. The monoisotopic (exact) mass is 363 g/mol. The van der Waals surface area contributed by atoms with Gasteiger partial charge in [-0.1, -0.05) is 26.0 Å². The maximum Gasteiger partial charge on any atom is 0.240 e. The van der Waals surface area contributed by atoms with Crippen LogP contribution in [0.15, 0.2) is 29.2 Å². The molecule has 1 aliphatic heterocycles. The Morgan fingerprint density at radius 3 is 2.76 bits per heavy atom. The van der Waals surface area contributed by atoms with E-state index >= 15 is 0 Å². The fourth-order valence-corrected chi connectivity index (χ4v) is 3.96. The van der Waals surface area contributed by atoms with E-state index in [0.717, 1.165) is 43.1 Å². The van der Waals surface area contributed by atoms with Crippen molar-refractivity contribution in [2.75, 3.05) is 36.8 Å². The summed E-state index contributed by atoms with van der Waals surface area (Å²) in [6.45, 7) is 9.64. The van der Waals surface area contributed by atoms with Crippen molar-refractivity contribution in [1.82, 2.24) is 10.2 Å². The van der Waals surface area contributed by atoms with E-state index in [0.29, 0.717) is 5.75 Å². The van der Waals surface area contributed by atoms with Gasteiger partial charge in [0.25, 0.3) is 0 Å². The molecule has 0 bridgehead atoms. The third kappa shape index (κ3) is 5.75. The number of hydrogen-bond donors (Lipinski definition) is 1. The van der Waals surface area contributed by atoms with Gasteiger partial charge in [-0.25, -0.2) is 0 Å². The number of thioether (sulfide) groups is 1. The van der Waals surface area contributed by atoms with Gasteiger partial charge in [-0.2, -0.15) is 0 Å². The quantitative estimate of drug-likeness (QED) is 0.733. The zero-order chi connectivity index (χ0) is 18.2. The van der Waals surface area contributed by atoms with Crippen LogP contribution >= 0.6 is 11.8 Å². The van der Waals surface area contributed by atoms with Gasteiger partial charge in [0.2, 0.25) is 11.8 Å². The number of fused-ring (bicyclic) bond motifs is 1. The van der Waals surface area contributed by atoms with Crippen LogP contribution < -0.4 is 10.2 Å². The highest BCUT2D eigenvalue weighted by Crippen LogP contribution is 2.34. The minimum atomic E-state index is -0.0922. The fraction of sp³-hybridized carbons (Fsp3) is 0.579. The largest absolute Gasteiger partial charge is 0.352 e. The van der Waals surface area contributed by atoms with Crippen molar-refractivity contribution in [2.24, 2.45) is 0 Å². The molecule has 0 saturated carbocycles. The van der Waals surface area contributed by atoms with Crippen molar-refractivity contribution in [3.05, 3.63) is 24.3 Å². The van der Waals surface area contributed by atoms with E-state index in [9.17, 15) is 9.59 Å². The Bertz CT molecular complexity index is 590. The molecule has 0 spiro atoms. The second-order valence-electron chi connectivity index (χ2n) is 6.37. The Labute approximate surface area is 155 Å². The highest BCUT2D eigenvalue weighted by atomic mass is 32.2. The normalized spacial score (nSPS) is 15.2. The molecule has 1 atom stereocenters. The van der Waals surface area contributed by atoms with Gasteiger partial charge >= 0.3 is 0 Å². The number of amides is 2. The lowest BCUT2D eigenvalue weighted by Crippen LogP contribution is -2.45. The van der Waals surface area contributed by atoms with Crippen molar-refractivity contribution in [3.63, 3.8) is 0 Å². The third-order valence-corrected chi connectivity index (χ3v) is 5.57. The Morgan fingerprint density at radius 1 is 1.32 bits per heavy atom. The second-order valence-corrected chi connectivity index (χ2v) is 7.39. The van der Waals surface area contributed by atoms with E-state index < -0.39 is 0 Å². The SMILES string of the molecule is CCN(CC)CCC[C@@H](C)NC(=O)CN1C(=O)CSc2ccccc21. The Balaban J connectivity index is 1.82. The summed E-state index contributed by atoms with van der Waals surface area (Å²) in [5.74, 6) is 0.294. The van der Waals surface area contributed by atoms with Gasteiger partial charge < -0.3 is 15.1 Å². The molecule has 1 aliphatic rings. The molecule has 5 nitrogen and oxygen atoms in total. The first-order valence-corrected chi connectivity index (χ1v) is 10.1. The van der Waals surface area contributed by atoms with Gasteiger partial charge in [-0.05, 0) is 51.5 Å². The molecule has 0 aromatic heterocycles. The number of benzene rings is 1. The van der Waals surface area contributed by atoms with Gasteiger partial charge in [0.15, 0.2) is 0 Å². The number of carbonyl (C=O) groups is 2. The highest BCUT2D eigenvalue weighted by molar-refractivity contribution is 8.00. The zero-order valence-corrected chi connectivity index (χ0v) is 16.3. The summed E-state index contributed by atoms with van der Waals surface area (Å²) in [5, 5.41) is 3.03. The highest BCUT2D eigenvalue weighted by Gasteiger charge is 2.26. The van der Waals surface area contributed by atoms with E-state index in [4.69, 9.17) is 0 Å². The first kappa shape index (κ1) is 19.8. The lowest BCUT2D eigenvalue weighted by Gasteiger charge is -2.29. The Kier molecular flexibility index (Phi) is 7.78. The van der Waals surface area contributed by atoms with Gasteiger partial charge in [0.1, 0.15) is 6.54 Å². The summed E-state index contributed by atoms with van der Waals surface area (Å²) in [4.78, 5) is 29.6. The maximum atomic E-state index is 12.4. The molecule has 1 N–H and O–H groups in total. The summed E-state index contributed by atoms with van der Waals surface area (Å²) in [7, 11) is 0. The van der Waals surface area contributed by atoms with Crippen LogP contribution in [0, 0.1) is 0 Å². The molecular weight excluding hydrogens is 334 g/mol. The van der Waals surface area contributed by atoms with Crippen molar-refractivity contribution in [2.45, 2.75) is 44.6 Å². The molecule has 6 heteroatoms. The van der Waals surface area contributed by atoms with E-state index in [1.165, 1.54) is 11.8 Å². The van der Waals surface area contributed by atoms with Gasteiger partial charge in [-0.3, -0.25) is 9.59 Å². The van der Waals surface area contributed by atoms with Crippen LogP contribution in [0.4, 0.5) is 5.69 Å². The molecule has 0 aliphatic carbocycles. The zero-order valence-electron chi connectivity index (χ0n) is 15.5. The summed E-state index contributed by atoms with van der Waals surface area (Å²) in [6.07, 6.45) is 2.01. The average Bonchev–Trinajstić information content (AvgIpc) is 2.61. The number of nitrogens with zero attached hydrogens (tertiary/aromatic N) is 2. The van der Waals surface area contributed by atoms with Crippen LogP contribution in [-0.2, 0) is 9.59 Å². The number of hydrogen-bond acceptors (Lipinski definition) is 4. The first-order chi connectivity index (χ1) is 12.0. The summed E-state index contributed by atoms with van der Waals surface area (Å²) in [6, 6.07) is 7.87. The van der Waals surface area contributed by atoms with Crippen LogP contribution in [0.1, 0.15) is 33.6 Å². The summed E-state index contributed by atoms with van der Waals surface area (Å²) >= 11 is 1.53. The summed E-state index contributed by atoms with van der Waals surface area (Å²) < 4.78 is 0. The van der Waals surface area contributed by atoms with Gasteiger partial charge in [0, 0.05) is 10.9 Å². The number of para-hydroxylation sites is 1. The van der Waals surface area contributed by atoms with E-state index in [-0.39, 0.29) is 24.4 Å². The van der Waals surface area contributed by atoms with E-state index in [2.05, 4.69) is 24.1 Å². The number of carbonyl (C=O) groups excluding carboxylic acids is 2.